The molecule has 1 aliphatic rings. The maximum absolute atomic E-state index is 11.5. The number of nitrogens with zero attached hydrogens (tertiary/aromatic N) is 3. The molecule has 21 heavy (non-hydrogen) atoms. The minimum Gasteiger partial charge on any atom is -0.481 e. The smallest absolute Gasteiger partial charge is 0.303 e. The maximum atomic E-state index is 11.5. The second-order valence-corrected chi connectivity index (χ2v) is 5.53. The largest absolute Gasteiger partial charge is 0.481 e. The number of carboxylic acids is 1. The molecule has 1 fully saturated rings. The SMILES string of the molecule is CC(=O)N1CCC[C@H](c2cc(CCC(=O)O)nc(C)n2)C1. The van der Waals surface area contributed by atoms with Crippen molar-refractivity contribution >= 4 is 11.9 Å². The molecule has 1 aromatic heterocycles. The number of hydrogen-bond acceptors (Lipinski definition) is 4. The van der Waals surface area contributed by atoms with Crippen molar-refractivity contribution in [1.82, 2.24) is 14.9 Å². The van der Waals surface area contributed by atoms with Gasteiger partial charge >= 0.3 is 5.97 Å². The standard InChI is InChI=1S/C15H21N3O3/c1-10-16-13(5-6-15(20)21)8-14(17-10)12-4-3-7-18(9-12)11(2)19/h8,12H,3-7,9H2,1-2H3,(H,20,21)/t12-/m0/s1. The van der Waals surface area contributed by atoms with E-state index < -0.39 is 5.97 Å². The summed E-state index contributed by atoms with van der Waals surface area (Å²) >= 11 is 0. The second-order valence-electron chi connectivity index (χ2n) is 5.53. The van der Waals surface area contributed by atoms with Gasteiger partial charge in [0.2, 0.25) is 5.91 Å². The minimum atomic E-state index is -0.826. The Balaban J connectivity index is 2.14. The Morgan fingerprint density at radius 2 is 2.19 bits per heavy atom. The molecule has 1 amide bonds. The van der Waals surface area contributed by atoms with Crippen molar-refractivity contribution in [2.75, 3.05) is 13.1 Å². The van der Waals surface area contributed by atoms with Crippen LogP contribution in [-0.4, -0.2) is 44.9 Å². The van der Waals surface area contributed by atoms with Gasteiger partial charge < -0.3 is 10.0 Å². The van der Waals surface area contributed by atoms with Gasteiger partial charge in [0.05, 0.1) is 6.42 Å². The Morgan fingerprint density at radius 1 is 1.43 bits per heavy atom. The Bertz CT molecular complexity index is 545. The Labute approximate surface area is 124 Å². The molecule has 0 unspecified atom stereocenters. The first-order valence-electron chi connectivity index (χ1n) is 7.27. The summed E-state index contributed by atoms with van der Waals surface area (Å²) in [4.78, 5) is 32.8. The first-order valence-corrected chi connectivity index (χ1v) is 7.27. The molecule has 0 radical (unpaired) electrons. The fourth-order valence-corrected chi connectivity index (χ4v) is 2.73. The van der Waals surface area contributed by atoms with Gasteiger partial charge in [-0.1, -0.05) is 0 Å². The normalized spacial score (nSPS) is 18.6. The molecule has 1 aliphatic heterocycles. The number of aliphatic carboxylic acids is 1. The molecule has 0 spiro atoms. The average molecular weight is 291 g/mol. The molecule has 0 aromatic carbocycles. The number of aromatic nitrogens is 2. The molecule has 2 heterocycles. The highest BCUT2D eigenvalue weighted by Gasteiger charge is 2.24. The minimum absolute atomic E-state index is 0.0696. The number of likely N-dealkylation sites (tertiary alicyclic amines) is 1. The molecule has 6 nitrogen and oxygen atoms in total. The van der Waals surface area contributed by atoms with E-state index in [0.29, 0.717) is 18.8 Å². The lowest BCUT2D eigenvalue weighted by Crippen LogP contribution is -2.38. The quantitative estimate of drug-likeness (QED) is 0.909. The van der Waals surface area contributed by atoms with Crippen LogP contribution in [0.15, 0.2) is 6.07 Å². The number of hydrogen-bond donors (Lipinski definition) is 1. The summed E-state index contributed by atoms with van der Waals surface area (Å²) in [5.41, 5.74) is 1.69. The Hall–Kier alpha value is -1.98. The van der Waals surface area contributed by atoms with Crippen molar-refractivity contribution in [3.63, 3.8) is 0 Å². The Morgan fingerprint density at radius 3 is 2.86 bits per heavy atom. The van der Waals surface area contributed by atoms with Gasteiger partial charge in [0.1, 0.15) is 5.82 Å². The average Bonchev–Trinajstić information content (AvgIpc) is 2.44. The van der Waals surface area contributed by atoms with Crippen LogP contribution in [0.2, 0.25) is 0 Å². The van der Waals surface area contributed by atoms with Crippen LogP contribution >= 0.6 is 0 Å². The lowest BCUT2D eigenvalue weighted by atomic mass is 9.93. The van der Waals surface area contributed by atoms with Crippen LogP contribution in [0.5, 0.6) is 0 Å². The van der Waals surface area contributed by atoms with E-state index >= 15 is 0 Å². The van der Waals surface area contributed by atoms with Crippen molar-refractivity contribution in [2.45, 2.75) is 45.4 Å². The summed E-state index contributed by atoms with van der Waals surface area (Å²) in [6.07, 6.45) is 2.45. The van der Waals surface area contributed by atoms with Crippen molar-refractivity contribution in [3.05, 3.63) is 23.3 Å². The molecular weight excluding hydrogens is 270 g/mol. The van der Waals surface area contributed by atoms with E-state index in [4.69, 9.17) is 5.11 Å². The van der Waals surface area contributed by atoms with Crippen molar-refractivity contribution in [3.8, 4) is 0 Å². The van der Waals surface area contributed by atoms with Gasteiger partial charge in [0, 0.05) is 43.7 Å². The van der Waals surface area contributed by atoms with Crippen molar-refractivity contribution in [1.29, 1.82) is 0 Å². The second kappa shape index (κ2) is 6.65. The molecule has 1 atom stereocenters. The van der Waals surface area contributed by atoms with E-state index in [9.17, 15) is 9.59 Å². The number of amides is 1. The van der Waals surface area contributed by atoms with Gasteiger partial charge in [-0.3, -0.25) is 9.59 Å². The Kier molecular flexibility index (Phi) is 4.88. The third-order valence-corrected chi connectivity index (χ3v) is 3.79. The molecule has 0 aliphatic carbocycles. The highest BCUT2D eigenvalue weighted by atomic mass is 16.4. The molecule has 114 valence electrons. The van der Waals surface area contributed by atoms with Gasteiger partial charge in [-0.25, -0.2) is 9.97 Å². The number of aryl methyl sites for hydroxylation is 2. The number of carbonyl (C=O) groups excluding carboxylic acids is 1. The van der Waals surface area contributed by atoms with E-state index in [-0.39, 0.29) is 18.2 Å². The van der Waals surface area contributed by atoms with Crippen LogP contribution in [0, 0.1) is 6.92 Å². The summed E-state index contributed by atoms with van der Waals surface area (Å²) in [7, 11) is 0. The van der Waals surface area contributed by atoms with Gasteiger partial charge in [0.15, 0.2) is 0 Å². The fourth-order valence-electron chi connectivity index (χ4n) is 2.73. The third-order valence-electron chi connectivity index (χ3n) is 3.79. The van der Waals surface area contributed by atoms with Gasteiger partial charge in [-0.2, -0.15) is 0 Å². The van der Waals surface area contributed by atoms with Gasteiger partial charge in [-0.05, 0) is 25.8 Å². The first-order chi connectivity index (χ1) is 9.95. The van der Waals surface area contributed by atoms with E-state index in [1.54, 1.807) is 6.92 Å². The van der Waals surface area contributed by atoms with Gasteiger partial charge in [-0.15, -0.1) is 0 Å². The molecule has 0 saturated carbocycles. The molecule has 1 N–H and O–H groups in total. The molecule has 1 saturated heterocycles. The maximum Gasteiger partial charge on any atom is 0.303 e. The lowest BCUT2D eigenvalue weighted by molar-refractivity contribution is -0.137. The third kappa shape index (κ3) is 4.24. The number of piperidine rings is 1. The van der Waals surface area contributed by atoms with E-state index in [0.717, 1.165) is 30.8 Å². The topological polar surface area (TPSA) is 83.4 Å². The molecular formula is C15H21N3O3. The van der Waals surface area contributed by atoms with Crippen LogP contribution < -0.4 is 0 Å². The van der Waals surface area contributed by atoms with Crippen LogP contribution in [0.25, 0.3) is 0 Å². The van der Waals surface area contributed by atoms with Crippen LogP contribution in [0.3, 0.4) is 0 Å². The van der Waals surface area contributed by atoms with Gasteiger partial charge in [0.25, 0.3) is 0 Å². The summed E-state index contributed by atoms with van der Waals surface area (Å²) in [6, 6.07) is 1.89. The first kappa shape index (κ1) is 15.4. The summed E-state index contributed by atoms with van der Waals surface area (Å²) in [6.45, 7) is 4.90. The van der Waals surface area contributed by atoms with Crippen molar-refractivity contribution < 1.29 is 14.7 Å². The monoisotopic (exact) mass is 291 g/mol. The van der Waals surface area contributed by atoms with Crippen LogP contribution in [0.4, 0.5) is 0 Å². The number of carbonyl (C=O) groups is 2. The zero-order valence-corrected chi connectivity index (χ0v) is 12.5. The molecule has 2 rings (SSSR count). The number of rotatable bonds is 4. The van der Waals surface area contributed by atoms with Crippen molar-refractivity contribution in [2.24, 2.45) is 0 Å². The van der Waals surface area contributed by atoms with E-state index in [1.807, 2.05) is 17.9 Å². The predicted octanol–water partition coefficient (Wildman–Crippen LogP) is 1.53. The lowest BCUT2D eigenvalue weighted by Gasteiger charge is -2.31. The molecule has 6 heteroatoms. The van der Waals surface area contributed by atoms with Crippen LogP contribution in [-0.2, 0) is 16.0 Å². The van der Waals surface area contributed by atoms with E-state index in [2.05, 4.69) is 9.97 Å². The summed E-state index contributed by atoms with van der Waals surface area (Å²) in [5.74, 6) is 0.144. The molecule has 1 aromatic rings. The highest BCUT2D eigenvalue weighted by molar-refractivity contribution is 5.73. The summed E-state index contributed by atoms with van der Waals surface area (Å²) < 4.78 is 0. The fraction of sp³-hybridized carbons (Fsp3) is 0.600. The summed E-state index contributed by atoms with van der Waals surface area (Å²) in [5, 5.41) is 8.77. The van der Waals surface area contributed by atoms with E-state index in [1.165, 1.54) is 0 Å². The van der Waals surface area contributed by atoms with Crippen LogP contribution in [0.1, 0.15) is 49.3 Å². The zero-order chi connectivity index (χ0) is 15.4. The highest BCUT2D eigenvalue weighted by Crippen LogP contribution is 2.26. The number of carboxylic acid groups (broad SMARTS) is 1. The zero-order valence-electron chi connectivity index (χ0n) is 12.5. The predicted molar refractivity (Wildman–Crippen MR) is 77.0 cm³/mol. The molecule has 0 bridgehead atoms.